The van der Waals surface area contributed by atoms with E-state index in [-0.39, 0.29) is 5.41 Å². The van der Waals surface area contributed by atoms with Crippen LogP contribution in [0.3, 0.4) is 0 Å². The Morgan fingerprint density at radius 2 is 1.39 bits per heavy atom. The van der Waals surface area contributed by atoms with Crippen molar-refractivity contribution in [1.82, 2.24) is 0 Å². The average Bonchev–Trinajstić information content (AvgIpc) is 3.15. The Morgan fingerprint density at radius 1 is 0.697 bits per heavy atom. The lowest BCUT2D eigenvalue weighted by atomic mass is 9.74. The second-order valence-corrected chi connectivity index (χ2v) is 8.89. The lowest BCUT2D eigenvalue weighted by Gasteiger charge is -2.32. The van der Waals surface area contributed by atoms with Crippen molar-refractivity contribution in [3.05, 3.63) is 108 Å². The van der Waals surface area contributed by atoms with Crippen LogP contribution in [0.1, 0.15) is 43.4 Å². The van der Waals surface area contributed by atoms with Crippen LogP contribution in [-0.4, -0.2) is 7.11 Å². The smallest absolute Gasteiger partial charge is 0.119 e. The maximum absolute atomic E-state index is 5.48. The van der Waals surface area contributed by atoms with Crippen molar-refractivity contribution in [2.24, 2.45) is 0 Å². The summed E-state index contributed by atoms with van der Waals surface area (Å²) in [4.78, 5) is 2.37. The standard InChI is InChI=1S/C31H31NO/c1-5-31(6-2)28-15-11-10-14-26(28)27-18-16-24(21-29(27)31)32(23-12-8-7-9-13-23)30-19-17-25(33-4)20-22(30)3/h7-21H,5-6H2,1-4H3. The average molecular weight is 434 g/mol. The predicted octanol–water partition coefficient (Wildman–Crippen LogP) is 8.56. The number of fused-ring (bicyclic) bond motifs is 3. The molecule has 4 aromatic rings. The predicted molar refractivity (Wildman–Crippen MR) is 139 cm³/mol. The minimum Gasteiger partial charge on any atom is -0.497 e. The Labute approximate surface area is 197 Å². The zero-order chi connectivity index (χ0) is 23.0. The summed E-state index contributed by atoms with van der Waals surface area (Å²) in [6.07, 6.45) is 2.17. The summed E-state index contributed by atoms with van der Waals surface area (Å²) in [6, 6.07) is 32.9. The molecule has 2 heteroatoms. The second kappa shape index (κ2) is 8.44. The normalized spacial score (nSPS) is 13.3. The van der Waals surface area contributed by atoms with Gasteiger partial charge in [-0.3, -0.25) is 0 Å². The molecule has 166 valence electrons. The number of ether oxygens (including phenoxy) is 1. The summed E-state index contributed by atoms with van der Waals surface area (Å²) in [5, 5.41) is 0. The lowest BCUT2D eigenvalue weighted by Crippen LogP contribution is -2.23. The largest absolute Gasteiger partial charge is 0.497 e. The topological polar surface area (TPSA) is 12.5 Å². The zero-order valence-electron chi connectivity index (χ0n) is 19.9. The number of hydrogen-bond donors (Lipinski definition) is 0. The molecule has 5 rings (SSSR count). The molecule has 0 radical (unpaired) electrons. The summed E-state index contributed by atoms with van der Waals surface area (Å²) >= 11 is 0. The fourth-order valence-corrected chi connectivity index (χ4v) is 5.60. The zero-order valence-corrected chi connectivity index (χ0v) is 19.9. The quantitative estimate of drug-likeness (QED) is 0.302. The molecule has 0 spiro atoms. The van der Waals surface area contributed by atoms with Gasteiger partial charge in [0.15, 0.2) is 0 Å². The molecule has 0 aromatic heterocycles. The molecule has 0 amide bonds. The molecule has 0 saturated carbocycles. The van der Waals surface area contributed by atoms with Gasteiger partial charge in [-0.05, 0) is 90.0 Å². The number of aryl methyl sites for hydroxylation is 1. The Morgan fingerprint density at radius 3 is 2.09 bits per heavy atom. The number of anilines is 3. The van der Waals surface area contributed by atoms with E-state index in [4.69, 9.17) is 4.74 Å². The van der Waals surface area contributed by atoms with E-state index in [1.807, 2.05) is 6.07 Å². The molecular formula is C31H31NO. The van der Waals surface area contributed by atoms with Crippen LogP contribution in [0.2, 0.25) is 0 Å². The van der Waals surface area contributed by atoms with E-state index in [1.54, 1.807) is 7.11 Å². The summed E-state index contributed by atoms with van der Waals surface area (Å²) in [6.45, 7) is 6.80. The van der Waals surface area contributed by atoms with Crippen molar-refractivity contribution in [2.45, 2.75) is 39.0 Å². The Hall–Kier alpha value is -3.52. The minimum absolute atomic E-state index is 0.0548. The highest BCUT2D eigenvalue weighted by Crippen LogP contribution is 2.54. The first-order valence-corrected chi connectivity index (χ1v) is 11.9. The van der Waals surface area contributed by atoms with Crippen molar-refractivity contribution >= 4 is 17.1 Å². The number of benzene rings is 4. The highest BCUT2D eigenvalue weighted by Gasteiger charge is 2.40. The molecule has 0 fully saturated rings. The number of rotatable bonds is 6. The van der Waals surface area contributed by atoms with Gasteiger partial charge < -0.3 is 9.64 Å². The molecule has 4 aromatic carbocycles. The fourth-order valence-electron chi connectivity index (χ4n) is 5.60. The summed E-state index contributed by atoms with van der Waals surface area (Å²) < 4.78 is 5.48. The number of nitrogens with zero attached hydrogens (tertiary/aromatic N) is 1. The molecule has 0 atom stereocenters. The van der Waals surface area contributed by atoms with E-state index >= 15 is 0 Å². The third-order valence-corrected chi connectivity index (χ3v) is 7.38. The molecule has 33 heavy (non-hydrogen) atoms. The van der Waals surface area contributed by atoms with Gasteiger partial charge in [0.25, 0.3) is 0 Å². The third-order valence-electron chi connectivity index (χ3n) is 7.38. The van der Waals surface area contributed by atoms with E-state index < -0.39 is 0 Å². The maximum Gasteiger partial charge on any atom is 0.119 e. The fraction of sp³-hybridized carbons (Fsp3) is 0.226. The van der Waals surface area contributed by atoms with Crippen LogP contribution in [0.4, 0.5) is 17.1 Å². The van der Waals surface area contributed by atoms with Gasteiger partial charge in [0, 0.05) is 22.5 Å². The van der Waals surface area contributed by atoms with Gasteiger partial charge in [-0.2, -0.15) is 0 Å². The summed E-state index contributed by atoms with van der Waals surface area (Å²) in [5.41, 5.74) is 10.4. The van der Waals surface area contributed by atoms with Crippen LogP contribution >= 0.6 is 0 Å². The Kier molecular flexibility index (Phi) is 5.46. The molecule has 1 aliphatic rings. The molecule has 0 saturated heterocycles. The van der Waals surface area contributed by atoms with E-state index in [9.17, 15) is 0 Å². The van der Waals surface area contributed by atoms with Gasteiger partial charge in [-0.25, -0.2) is 0 Å². The van der Waals surface area contributed by atoms with E-state index in [1.165, 1.54) is 33.5 Å². The van der Waals surface area contributed by atoms with Crippen LogP contribution < -0.4 is 9.64 Å². The van der Waals surface area contributed by atoms with Crippen molar-refractivity contribution in [3.8, 4) is 16.9 Å². The van der Waals surface area contributed by atoms with Crippen LogP contribution in [0.15, 0.2) is 91.0 Å². The molecule has 0 heterocycles. The summed E-state index contributed by atoms with van der Waals surface area (Å²) in [5.74, 6) is 0.879. The first-order chi connectivity index (χ1) is 16.1. The molecule has 0 bridgehead atoms. The van der Waals surface area contributed by atoms with Gasteiger partial charge in [0.2, 0.25) is 0 Å². The molecular weight excluding hydrogens is 402 g/mol. The van der Waals surface area contributed by atoms with Gasteiger partial charge in [-0.15, -0.1) is 0 Å². The molecule has 2 nitrogen and oxygen atoms in total. The highest BCUT2D eigenvalue weighted by atomic mass is 16.5. The Bertz CT molecular complexity index is 1290. The molecule has 1 aliphatic carbocycles. The van der Waals surface area contributed by atoms with E-state index in [2.05, 4.69) is 111 Å². The minimum atomic E-state index is 0.0548. The molecule has 0 N–H and O–H groups in total. The van der Waals surface area contributed by atoms with Gasteiger partial charge in [-0.1, -0.05) is 62.4 Å². The molecule has 0 aliphatic heterocycles. The van der Waals surface area contributed by atoms with Crippen molar-refractivity contribution in [1.29, 1.82) is 0 Å². The highest BCUT2D eigenvalue weighted by molar-refractivity contribution is 5.86. The van der Waals surface area contributed by atoms with Gasteiger partial charge >= 0.3 is 0 Å². The second-order valence-electron chi connectivity index (χ2n) is 8.89. The van der Waals surface area contributed by atoms with Gasteiger partial charge in [0.1, 0.15) is 5.75 Å². The third kappa shape index (κ3) is 3.33. The number of hydrogen-bond acceptors (Lipinski definition) is 2. The van der Waals surface area contributed by atoms with Crippen molar-refractivity contribution in [3.63, 3.8) is 0 Å². The Balaban J connectivity index is 1.73. The van der Waals surface area contributed by atoms with Gasteiger partial charge in [0.05, 0.1) is 7.11 Å². The summed E-state index contributed by atoms with van der Waals surface area (Å²) in [7, 11) is 1.72. The molecule has 0 unspecified atom stereocenters. The number of para-hydroxylation sites is 1. The SMILES string of the molecule is CCC1(CC)c2ccccc2-c2ccc(N(c3ccccc3)c3ccc(OC)cc3C)cc21. The van der Waals surface area contributed by atoms with Crippen molar-refractivity contribution in [2.75, 3.05) is 12.0 Å². The monoisotopic (exact) mass is 433 g/mol. The lowest BCUT2D eigenvalue weighted by molar-refractivity contribution is 0.414. The first-order valence-electron chi connectivity index (χ1n) is 11.9. The van der Waals surface area contributed by atoms with Crippen LogP contribution in [0, 0.1) is 6.92 Å². The maximum atomic E-state index is 5.48. The first kappa shape index (κ1) is 21.3. The number of methoxy groups -OCH3 is 1. The van der Waals surface area contributed by atoms with Crippen molar-refractivity contribution < 1.29 is 4.74 Å². The van der Waals surface area contributed by atoms with Crippen LogP contribution in [0.25, 0.3) is 11.1 Å². The van der Waals surface area contributed by atoms with Crippen LogP contribution in [0.5, 0.6) is 5.75 Å². The van der Waals surface area contributed by atoms with E-state index in [0.717, 1.165) is 30.0 Å². The van der Waals surface area contributed by atoms with Crippen LogP contribution in [-0.2, 0) is 5.41 Å². The van der Waals surface area contributed by atoms with E-state index in [0.29, 0.717) is 0 Å².